The lowest BCUT2D eigenvalue weighted by Gasteiger charge is -2.32. The molecule has 20 heavy (non-hydrogen) atoms. The van der Waals surface area contributed by atoms with Crippen LogP contribution in [0.1, 0.15) is 46.5 Å². The lowest BCUT2D eigenvalue weighted by atomic mass is 9.83. The first-order valence-corrected chi connectivity index (χ1v) is 6.91. The highest BCUT2D eigenvalue weighted by molar-refractivity contribution is 5.81. The average molecular weight is 281 g/mol. The second-order valence-corrected chi connectivity index (χ2v) is 6.14. The normalized spacial score (nSPS) is 22.6. The Bertz CT molecular complexity index is 409. The van der Waals surface area contributed by atoms with E-state index in [0.717, 1.165) is 24.2 Å². The summed E-state index contributed by atoms with van der Waals surface area (Å²) in [6.07, 6.45) is 4.61. The molecule has 1 fully saturated rings. The van der Waals surface area contributed by atoms with Gasteiger partial charge in [0.1, 0.15) is 5.60 Å². The van der Waals surface area contributed by atoms with E-state index in [4.69, 9.17) is 10.00 Å². The number of alkyl carbamates (subject to hydrolysis) is 1. The van der Waals surface area contributed by atoms with E-state index in [1.165, 1.54) is 7.05 Å². The van der Waals surface area contributed by atoms with E-state index in [9.17, 15) is 9.59 Å². The topological polar surface area (TPSA) is 82.4 Å². The van der Waals surface area contributed by atoms with Gasteiger partial charge in [-0.2, -0.15) is 5.26 Å². The molecule has 0 spiro atoms. The van der Waals surface area contributed by atoms with Crippen molar-refractivity contribution in [1.82, 2.24) is 10.2 Å². The molecule has 2 atom stereocenters. The molecule has 0 aromatic rings. The number of nitriles is 1. The van der Waals surface area contributed by atoms with Gasteiger partial charge >= 0.3 is 6.09 Å². The molecule has 1 rings (SSSR count). The van der Waals surface area contributed by atoms with Crippen molar-refractivity contribution in [2.45, 2.75) is 58.1 Å². The maximum atomic E-state index is 12.1. The molecule has 0 aliphatic heterocycles. The van der Waals surface area contributed by atoms with Crippen LogP contribution in [-0.2, 0) is 9.53 Å². The fourth-order valence-electron chi connectivity index (χ4n) is 2.36. The van der Waals surface area contributed by atoms with Crippen LogP contribution in [0.4, 0.5) is 4.79 Å². The van der Waals surface area contributed by atoms with Crippen LogP contribution < -0.4 is 5.32 Å². The summed E-state index contributed by atoms with van der Waals surface area (Å²) in [6, 6.07) is -0.262. The van der Waals surface area contributed by atoms with Crippen molar-refractivity contribution in [3.8, 4) is 6.19 Å². The molecule has 0 heterocycles. The third-order valence-electron chi connectivity index (χ3n) is 3.27. The van der Waals surface area contributed by atoms with Crippen LogP contribution in [0.15, 0.2) is 0 Å². The van der Waals surface area contributed by atoms with Gasteiger partial charge in [-0.25, -0.2) is 4.79 Å². The average Bonchev–Trinajstić information content (AvgIpc) is 2.35. The van der Waals surface area contributed by atoms with Crippen molar-refractivity contribution in [3.63, 3.8) is 0 Å². The van der Waals surface area contributed by atoms with Crippen LogP contribution in [0.2, 0.25) is 0 Å². The first kappa shape index (κ1) is 16.3. The molecule has 2 unspecified atom stereocenters. The zero-order chi connectivity index (χ0) is 15.3. The minimum absolute atomic E-state index is 0.242. The van der Waals surface area contributed by atoms with E-state index >= 15 is 0 Å². The van der Waals surface area contributed by atoms with E-state index in [1.807, 2.05) is 6.19 Å². The van der Waals surface area contributed by atoms with Gasteiger partial charge in [-0.15, -0.1) is 0 Å². The highest BCUT2D eigenvalue weighted by Gasteiger charge is 2.34. The van der Waals surface area contributed by atoms with Crippen molar-refractivity contribution in [1.29, 1.82) is 5.26 Å². The number of carbonyl (C=O) groups excluding carboxylic acids is 2. The van der Waals surface area contributed by atoms with Crippen LogP contribution in [0.5, 0.6) is 0 Å². The highest BCUT2D eigenvalue weighted by atomic mass is 16.6. The summed E-state index contributed by atoms with van der Waals surface area (Å²) < 4.78 is 5.22. The number of nitrogens with zero attached hydrogens (tertiary/aromatic N) is 2. The number of carbonyl (C=O) groups is 2. The number of amides is 2. The van der Waals surface area contributed by atoms with Gasteiger partial charge in [0.05, 0.1) is 5.92 Å². The molecule has 2 amide bonds. The first-order valence-electron chi connectivity index (χ1n) is 6.91. The van der Waals surface area contributed by atoms with Gasteiger partial charge in [0.15, 0.2) is 6.19 Å². The van der Waals surface area contributed by atoms with Gasteiger partial charge in [-0.3, -0.25) is 9.69 Å². The molecule has 1 aliphatic carbocycles. The smallest absolute Gasteiger partial charge is 0.407 e. The zero-order valence-corrected chi connectivity index (χ0v) is 12.6. The molecule has 0 saturated heterocycles. The molecule has 1 N–H and O–H groups in total. The summed E-state index contributed by atoms with van der Waals surface area (Å²) in [7, 11) is 1.45. The Morgan fingerprint density at radius 3 is 2.45 bits per heavy atom. The Labute approximate surface area is 120 Å². The van der Waals surface area contributed by atoms with E-state index in [-0.39, 0.29) is 17.9 Å². The van der Waals surface area contributed by atoms with Crippen LogP contribution >= 0.6 is 0 Å². The lowest BCUT2D eigenvalue weighted by molar-refractivity contribution is -0.133. The van der Waals surface area contributed by atoms with Crippen LogP contribution in [0.3, 0.4) is 0 Å². The van der Waals surface area contributed by atoms with Crippen LogP contribution in [-0.4, -0.2) is 35.6 Å². The van der Waals surface area contributed by atoms with Crippen LogP contribution in [0, 0.1) is 17.4 Å². The van der Waals surface area contributed by atoms with Gasteiger partial charge in [-0.1, -0.05) is 12.8 Å². The molecule has 6 heteroatoms. The van der Waals surface area contributed by atoms with E-state index in [1.54, 1.807) is 20.8 Å². The summed E-state index contributed by atoms with van der Waals surface area (Å²) in [6.45, 7) is 5.37. The Balaban J connectivity index is 2.68. The summed E-state index contributed by atoms with van der Waals surface area (Å²) in [5.74, 6) is -0.589. The van der Waals surface area contributed by atoms with E-state index < -0.39 is 11.7 Å². The van der Waals surface area contributed by atoms with Gasteiger partial charge in [0.25, 0.3) is 0 Å². The lowest BCUT2D eigenvalue weighted by Crippen LogP contribution is -2.49. The monoisotopic (exact) mass is 281 g/mol. The summed E-state index contributed by atoms with van der Waals surface area (Å²) >= 11 is 0. The molecule has 0 bridgehead atoms. The molecular formula is C14H23N3O3. The SMILES string of the molecule is CN(C#N)C(=O)C1CCCCC1NC(=O)OC(C)(C)C. The number of nitrogens with one attached hydrogen (secondary N) is 1. The van der Waals surface area contributed by atoms with Crippen molar-refractivity contribution >= 4 is 12.0 Å². The predicted octanol–water partition coefficient (Wildman–Crippen LogP) is 2.01. The quantitative estimate of drug-likeness (QED) is 0.620. The van der Waals surface area contributed by atoms with Crippen molar-refractivity contribution in [3.05, 3.63) is 0 Å². The van der Waals surface area contributed by atoms with Gasteiger partial charge in [-0.05, 0) is 33.6 Å². The Morgan fingerprint density at radius 2 is 1.90 bits per heavy atom. The summed E-state index contributed by atoms with van der Waals surface area (Å²) in [5.41, 5.74) is -0.568. The van der Waals surface area contributed by atoms with Crippen molar-refractivity contribution in [2.24, 2.45) is 5.92 Å². The third-order valence-corrected chi connectivity index (χ3v) is 3.27. The molecule has 0 aromatic carbocycles. The fourth-order valence-corrected chi connectivity index (χ4v) is 2.36. The largest absolute Gasteiger partial charge is 0.444 e. The number of hydrogen-bond donors (Lipinski definition) is 1. The maximum Gasteiger partial charge on any atom is 0.407 e. The fraction of sp³-hybridized carbons (Fsp3) is 0.786. The Kier molecular flexibility index (Phi) is 5.37. The molecule has 0 radical (unpaired) electrons. The minimum Gasteiger partial charge on any atom is -0.444 e. The first-order chi connectivity index (χ1) is 9.24. The van der Waals surface area contributed by atoms with Gasteiger partial charge < -0.3 is 10.1 Å². The number of hydrogen-bond acceptors (Lipinski definition) is 4. The number of ether oxygens (including phenoxy) is 1. The van der Waals surface area contributed by atoms with E-state index in [2.05, 4.69) is 5.32 Å². The maximum absolute atomic E-state index is 12.1. The van der Waals surface area contributed by atoms with Crippen molar-refractivity contribution in [2.75, 3.05) is 7.05 Å². The third kappa shape index (κ3) is 4.72. The molecule has 6 nitrogen and oxygen atoms in total. The molecule has 1 saturated carbocycles. The molecule has 1 aliphatic rings. The van der Waals surface area contributed by atoms with Gasteiger partial charge in [0, 0.05) is 13.1 Å². The number of rotatable bonds is 2. The van der Waals surface area contributed by atoms with E-state index in [0.29, 0.717) is 6.42 Å². The molecule has 0 aromatic heterocycles. The van der Waals surface area contributed by atoms with Crippen LogP contribution in [0.25, 0.3) is 0 Å². The molecular weight excluding hydrogens is 258 g/mol. The standard InChI is InChI=1S/C14H23N3O3/c1-14(2,3)20-13(19)16-11-8-6-5-7-10(11)12(18)17(4)9-15/h10-11H,5-8H2,1-4H3,(H,16,19). The predicted molar refractivity (Wildman–Crippen MR) is 73.5 cm³/mol. The highest BCUT2D eigenvalue weighted by Crippen LogP contribution is 2.26. The summed E-state index contributed by atoms with van der Waals surface area (Å²) in [5, 5.41) is 11.6. The zero-order valence-electron chi connectivity index (χ0n) is 12.6. The second kappa shape index (κ2) is 6.60. The Hall–Kier alpha value is -1.77. The summed E-state index contributed by atoms with van der Waals surface area (Å²) in [4.78, 5) is 25.0. The molecule has 112 valence electrons. The Morgan fingerprint density at radius 1 is 1.30 bits per heavy atom. The van der Waals surface area contributed by atoms with Gasteiger partial charge in [0.2, 0.25) is 5.91 Å². The minimum atomic E-state index is -0.568. The second-order valence-electron chi connectivity index (χ2n) is 6.14. The van der Waals surface area contributed by atoms with Crippen molar-refractivity contribution < 1.29 is 14.3 Å².